The summed E-state index contributed by atoms with van der Waals surface area (Å²) in [5.41, 5.74) is 8.61. The molecule has 2 aliphatic heterocycles. The molecule has 2 atom stereocenters. The van der Waals surface area contributed by atoms with Crippen LogP contribution in [0.1, 0.15) is 51.5 Å². The zero-order chi connectivity index (χ0) is 18.8. The Bertz CT molecular complexity index is 763. The first-order chi connectivity index (χ1) is 12.5. The van der Waals surface area contributed by atoms with Gasteiger partial charge in [-0.15, -0.1) is 6.42 Å². The Morgan fingerprint density at radius 2 is 2.12 bits per heavy atom. The van der Waals surface area contributed by atoms with Gasteiger partial charge in [0.05, 0.1) is 6.54 Å². The molecule has 138 valence electrons. The van der Waals surface area contributed by atoms with Crippen LogP contribution in [0.4, 0.5) is 5.69 Å². The van der Waals surface area contributed by atoms with Gasteiger partial charge in [0, 0.05) is 29.6 Å². The highest BCUT2D eigenvalue weighted by molar-refractivity contribution is 5.84. The number of likely N-dealkylation sites (tertiary alicyclic amines) is 1. The third-order valence-electron chi connectivity index (χ3n) is 6.16. The Morgan fingerprint density at radius 3 is 2.77 bits per heavy atom. The maximum Gasteiger partial charge on any atom is 0.225 e. The first-order valence-electron chi connectivity index (χ1n) is 9.59. The Morgan fingerprint density at radius 1 is 1.35 bits per heavy atom. The summed E-state index contributed by atoms with van der Waals surface area (Å²) >= 11 is 0. The number of benzene rings is 1. The minimum atomic E-state index is -0.531. The second-order valence-electron chi connectivity index (χ2n) is 7.44. The Kier molecular flexibility index (Phi) is 5.11. The number of carbonyl (C=O) groups excluding carboxylic acids is 1. The fourth-order valence-corrected chi connectivity index (χ4v) is 4.91. The lowest BCUT2D eigenvalue weighted by Gasteiger charge is -2.50. The molecule has 0 aromatic heterocycles. The molecule has 0 radical (unpaired) electrons. The molecule has 26 heavy (non-hydrogen) atoms. The van der Waals surface area contributed by atoms with E-state index < -0.39 is 5.66 Å². The first-order valence-corrected chi connectivity index (χ1v) is 9.59. The molecule has 1 aromatic carbocycles. The van der Waals surface area contributed by atoms with Crippen molar-refractivity contribution in [3.63, 3.8) is 0 Å². The van der Waals surface area contributed by atoms with Gasteiger partial charge >= 0.3 is 0 Å². The summed E-state index contributed by atoms with van der Waals surface area (Å²) in [6.45, 7) is 5.50. The van der Waals surface area contributed by atoms with Gasteiger partial charge in [-0.1, -0.05) is 44.4 Å². The lowest BCUT2D eigenvalue weighted by molar-refractivity contribution is -0.130. The van der Waals surface area contributed by atoms with Crippen LogP contribution in [0.15, 0.2) is 30.3 Å². The summed E-state index contributed by atoms with van der Waals surface area (Å²) in [4.78, 5) is 14.8. The van der Waals surface area contributed by atoms with Gasteiger partial charge in [-0.3, -0.25) is 10.1 Å². The number of terminal acetylenes is 1. The maximum absolute atomic E-state index is 12.9. The van der Waals surface area contributed by atoms with E-state index >= 15 is 0 Å². The van der Waals surface area contributed by atoms with Crippen LogP contribution in [0.5, 0.6) is 0 Å². The third kappa shape index (κ3) is 2.71. The average Bonchev–Trinajstić information content (AvgIpc) is 2.85. The molecule has 2 heterocycles. The number of amides is 1. The molecule has 3 rings (SSSR count). The van der Waals surface area contributed by atoms with Crippen molar-refractivity contribution >= 4 is 17.2 Å². The van der Waals surface area contributed by atoms with Crippen LogP contribution in [0.25, 0.3) is 5.57 Å². The van der Waals surface area contributed by atoms with Crippen molar-refractivity contribution in [2.45, 2.75) is 51.6 Å². The quantitative estimate of drug-likeness (QED) is 0.631. The molecule has 1 saturated heterocycles. The van der Waals surface area contributed by atoms with Crippen molar-refractivity contribution in [1.29, 1.82) is 0 Å². The van der Waals surface area contributed by atoms with E-state index in [0.29, 0.717) is 13.0 Å². The molecular formula is C22H29N3O. The molecule has 1 spiro atoms. The lowest BCUT2D eigenvalue weighted by atomic mass is 9.68. The number of rotatable bonds is 5. The van der Waals surface area contributed by atoms with E-state index in [9.17, 15) is 4.79 Å². The number of para-hydroxylation sites is 1. The summed E-state index contributed by atoms with van der Waals surface area (Å²) in [6.07, 6.45) is 12.2. The van der Waals surface area contributed by atoms with Crippen molar-refractivity contribution in [3.8, 4) is 12.3 Å². The zero-order valence-electron chi connectivity index (χ0n) is 15.8. The van der Waals surface area contributed by atoms with Crippen molar-refractivity contribution < 1.29 is 4.79 Å². The SMILES string of the molecule is C#CCN1C(=O)C[C@](CC)(CCC)[C@@]12C=C(c1ccccc1N)CCN2. The first kappa shape index (κ1) is 18.5. The highest BCUT2D eigenvalue weighted by Crippen LogP contribution is 2.53. The minimum absolute atomic E-state index is 0.143. The van der Waals surface area contributed by atoms with Gasteiger partial charge in [0.2, 0.25) is 5.91 Å². The van der Waals surface area contributed by atoms with E-state index in [1.54, 1.807) is 0 Å². The predicted octanol–water partition coefficient (Wildman–Crippen LogP) is 3.40. The van der Waals surface area contributed by atoms with Crippen molar-refractivity contribution in [2.24, 2.45) is 5.41 Å². The Hall–Kier alpha value is -2.25. The summed E-state index contributed by atoms with van der Waals surface area (Å²) in [7, 11) is 0. The number of nitrogens with zero attached hydrogens (tertiary/aromatic N) is 1. The van der Waals surface area contributed by atoms with Gasteiger partial charge in [-0.25, -0.2) is 0 Å². The molecule has 4 nitrogen and oxygen atoms in total. The lowest BCUT2D eigenvalue weighted by Crippen LogP contribution is -2.64. The molecule has 0 aliphatic carbocycles. The zero-order valence-corrected chi connectivity index (χ0v) is 15.8. The van der Waals surface area contributed by atoms with Crippen molar-refractivity contribution in [2.75, 3.05) is 18.8 Å². The highest BCUT2D eigenvalue weighted by atomic mass is 16.2. The number of nitrogens with one attached hydrogen (secondary N) is 1. The van der Waals surface area contributed by atoms with Gasteiger partial charge < -0.3 is 10.6 Å². The number of anilines is 1. The molecule has 3 N–H and O–H groups in total. The van der Waals surface area contributed by atoms with Crippen molar-refractivity contribution in [1.82, 2.24) is 10.2 Å². The van der Waals surface area contributed by atoms with Gasteiger partial charge in [-0.05, 0) is 37.0 Å². The summed E-state index contributed by atoms with van der Waals surface area (Å²) in [5.74, 6) is 2.84. The summed E-state index contributed by atoms with van der Waals surface area (Å²) < 4.78 is 0. The monoisotopic (exact) mass is 351 g/mol. The molecular weight excluding hydrogens is 322 g/mol. The second kappa shape index (κ2) is 7.17. The van der Waals surface area contributed by atoms with E-state index in [1.165, 1.54) is 5.57 Å². The van der Waals surface area contributed by atoms with Crippen LogP contribution < -0.4 is 11.1 Å². The number of hydrogen-bond acceptors (Lipinski definition) is 3. The van der Waals surface area contributed by atoms with Crippen LogP contribution in [0.3, 0.4) is 0 Å². The average molecular weight is 351 g/mol. The topological polar surface area (TPSA) is 58.4 Å². The molecule has 0 unspecified atom stereocenters. The van der Waals surface area contributed by atoms with Crippen LogP contribution in [0, 0.1) is 17.8 Å². The van der Waals surface area contributed by atoms with Crippen LogP contribution in [-0.4, -0.2) is 29.6 Å². The second-order valence-corrected chi connectivity index (χ2v) is 7.44. The molecule has 2 aliphatic rings. The molecule has 1 fully saturated rings. The number of nitrogens with two attached hydrogens (primary N) is 1. The van der Waals surface area contributed by atoms with Gasteiger partial charge in [-0.2, -0.15) is 0 Å². The van der Waals surface area contributed by atoms with Crippen molar-refractivity contribution in [3.05, 3.63) is 35.9 Å². The van der Waals surface area contributed by atoms with Gasteiger partial charge in [0.15, 0.2) is 0 Å². The van der Waals surface area contributed by atoms with Gasteiger partial charge in [0.1, 0.15) is 5.66 Å². The van der Waals surface area contributed by atoms with Crippen LogP contribution in [-0.2, 0) is 4.79 Å². The molecule has 0 bridgehead atoms. The molecule has 1 aromatic rings. The molecule has 0 saturated carbocycles. The summed E-state index contributed by atoms with van der Waals surface area (Å²) in [5, 5.41) is 3.70. The number of carbonyl (C=O) groups is 1. The number of nitrogen functional groups attached to an aromatic ring is 1. The van der Waals surface area contributed by atoms with Gasteiger partial charge in [0.25, 0.3) is 0 Å². The third-order valence-corrected chi connectivity index (χ3v) is 6.16. The van der Waals surface area contributed by atoms with E-state index in [0.717, 1.165) is 43.5 Å². The predicted molar refractivity (Wildman–Crippen MR) is 107 cm³/mol. The Balaban J connectivity index is 2.18. The van der Waals surface area contributed by atoms with E-state index in [4.69, 9.17) is 12.2 Å². The standard InChI is InChI=1S/C22H29N3O/c1-4-12-21(6-3)16-20(26)25(14-5-2)22(21)15-17(11-13-24-22)18-9-7-8-10-19(18)23/h2,7-10,15,24H,4,6,11-14,16,23H2,1,3H3/t21-,22+/m0/s1. The van der Waals surface area contributed by atoms with Crippen LogP contribution in [0.2, 0.25) is 0 Å². The highest BCUT2D eigenvalue weighted by Gasteiger charge is 2.60. The fourth-order valence-electron chi connectivity index (χ4n) is 4.91. The summed E-state index contributed by atoms with van der Waals surface area (Å²) in [6, 6.07) is 7.96. The normalized spacial score (nSPS) is 28.3. The largest absolute Gasteiger partial charge is 0.398 e. The smallest absolute Gasteiger partial charge is 0.225 e. The van der Waals surface area contributed by atoms with E-state index in [2.05, 4.69) is 37.2 Å². The fraction of sp³-hybridized carbons (Fsp3) is 0.500. The molecule has 1 amide bonds. The van der Waals surface area contributed by atoms with E-state index in [1.807, 2.05) is 23.1 Å². The van der Waals surface area contributed by atoms with E-state index in [-0.39, 0.29) is 11.3 Å². The number of hydrogen-bond donors (Lipinski definition) is 2. The maximum atomic E-state index is 12.9. The molecule has 4 heteroatoms. The van der Waals surface area contributed by atoms with Crippen LogP contribution >= 0.6 is 0 Å². The minimum Gasteiger partial charge on any atom is -0.398 e. The Labute approximate surface area is 156 Å².